The van der Waals surface area contributed by atoms with Crippen LogP contribution < -0.4 is 4.90 Å². The summed E-state index contributed by atoms with van der Waals surface area (Å²) in [7, 11) is 2.21. The van der Waals surface area contributed by atoms with Crippen LogP contribution in [0.5, 0.6) is 0 Å². The Labute approximate surface area is 120 Å². The summed E-state index contributed by atoms with van der Waals surface area (Å²) in [6.07, 6.45) is 3.68. The Morgan fingerprint density at radius 3 is 2.75 bits per heavy atom. The summed E-state index contributed by atoms with van der Waals surface area (Å²) < 4.78 is 5.36. The minimum atomic E-state index is 0.734. The lowest BCUT2D eigenvalue weighted by atomic mass is 9.94. The normalized spacial score (nSPS) is 24.9. The maximum absolute atomic E-state index is 5.36. The number of hydrogen-bond acceptors (Lipinski definition) is 5. The molecule has 0 N–H and O–H groups in total. The molecule has 0 radical (unpaired) electrons. The highest BCUT2D eigenvalue weighted by Crippen LogP contribution is 2.19. The molecule has 0 unspecified atom stereocenters. The molecule has 0 aliphatic carbocycles. The van der Waals surface area contributed by atoms with Crippen LogP contribution in [-0.4, -0.2) is 61.5 Å². The first-order valence-electron chi connectivity index (χ1n) is 7.65. The zero-order chi connectivity index (χ0) is 13.8. The van der Waals surface area contributed by atoms with Gasteiger partial charge in [-0.3, -0.25) is 0 Å². The van der Waals surface area contributed by atoms with Gasteiger partial charge in [-0.15, -0.1) is 5.10 Å². The van der Waals surface area contributed by atoms with E-state index < -0.39 is 0 Å². The molecule has 1 aromatic rings. The van der Waals surface area contributed by atoms with Gasteiger partial charge in [-0.05, 0) is 50.9 Å². The number of piperidine rings is 1. The molecule has 5 nitrogen and oxygen atoms in total. The molecule has 0 aromatic carbocycles. The average Bonchev–Trinajstić information content (AvgIpc) is 2.49. The van der Waals surface area contributed by atoms with Gasteiger partial charge in [-0.1, -0.05) is 0 Å². The molecule has 2 aliphatic rings. The highest BCUT2D eigenvalue weighted by Gasteiger charge is 2.18. The van der Waals surface area contributed by atoms with Crippen LogP contribution in [0.25, 0.3) is 0 Å². The zero-order valence-electron chi connectivity index (χ0n) is 12.3. The number of aromatic nitrogens is 2. The van der Waals surface area contributed by atoms with Crippen LogP contribution in [0, 0.1) is 5.92 Å². The van der Waals surface area contributed by atoms with Gasteiger partial charge < -0.3 is 14.5 Å². The van der Waals surface area contributed by atoms with Crippen molar-refractivity contribution in [2.75, 3.05) is 51.3 Å². The van der Waals surface area contributed by atoms with Crippen LogP contribution in [0.1, 0.15) is 18.5 Å². The molecule has 3 rings (SSSR count). The van der Waals surface area contributed by atoms with Gasteiger partial charge in [-0.2, -0.15) is 5.10 Å². The molecule has 0 spiro atoms. The molecular formula is C15H24N4O. The number of nitrogens with zero attached hydrogens (tertiary/aromatic N) is 4. The Balaban J connectivity index is 1.58. The predicted octanol–water partition coefficient (Wildman–Crippen LogP) is 1.20. The minimum Gasteiger partial charge on any atom is -0.378 e. The van der Waals surface area contributed by atoms with Crippen molar-refractivity contribution in [3.63, 3.8) is 0 Å². The number of morpholine rings is 1. The van der Waals surface area contributed by atoms with Gasteiger partial charge >= 0.3 is 0 Å². The lowest BCUT2D eigenvalue weighted by Crippen LogP contribution is -2.37. The van der Waals surface area contributed by atoms with Gasteiger partial charge in [0.2, 0.25) is 0 Å². The first-order chi connectivity index (χ1) is 9.81. The molecule has 2 fully saturated rings. The van der Waals surface area contributed by atoms with E-state index in [9.17, 15) is 0 Å². The summed E-state index contributed by atoms with van der Waals surface area (Å²) in [4.78, 5) is 4.67. The number of rotatable bonds is 3. The Morgan fingerprint density at radius 1 is 1.20 bits per heavy atom. The third kappa shape index (κ3) is 3.46. The largest absolute Gasteiger partial charge is 0.378 e. The van der Waals surface area contributed by atoms with Gasteiger partial charge in [0.1, 0.15) is 0 Å². The molecular weight excluding hydrogens is 252 g/mol. The molecule has 2 saturated heterocycles. The zero-order valence-corrected chi connectivity index (χ0v) is 12.3. The van der Waals surface area contributed by atoms with Gasteiger partial charge in [-0.25, -0.2) is 0 Å². The second-order valence-electron chi connectivity index (χ2n) is 5.96. The fraction of sp³-hybridized carbons (Fsp3) is 0.733. The number of hydrogen-bond donors (Lipinski definition) is 0. The molecule has 20 heavy (non-hydrogen) atoms. The van der Waals surface area contributed by atoms with Crippen molar-refractivity contribution in [1.29, 1.82) is 0 Å². The monoisotopic (exact) mass is 276 g/mol. The van der Waals surface area contributed by atoms with E-state index in [0.717, 1.165) is 50.2 Å². The SMILES string of the molecule is CN1CCC[C@@H](Cc2ccc(N3CCOCC3)nn2)C1. The second kappa shape index (κ2) is 6.50. The van der Waals surface area contributed by atoms with E-state index >= 15 is 0 Å². The predicted molar refractivity (Wildman–Crippen MR) is 79.0 cm³/mol. The third-order valence-electron chi connectivity index (χ3n) is 4.26. The second-order valence-corrected chi connectivity index (χ2v) is 5.96. The van der Waals surface area contributed by atoms with Crippen molar-refractivity contribution in [3.05, 3.63) is 17.8 Å². The Morgan fingerprint density at radius 2 is 2.05 bits per heavy atom. The molecule has 110 valence electrons. The highest BCUT2D eigenvalue weighted by atomic mass is 16.5. The van der Waals surface area contributed by atoms with Crippen LogP contribution >= 0.6 is 0 Å². The molecule has 1 atom stereocenters. The van der Waals surface area contributed by atoms with Crippen molar-refractivity contribution in [1.82, 2.24) is 15.1 Å². The summed E-state index contributed by atoms with van der Waals surface area (Å²) >= 11 is 0. The minimum absolute atomic E-state index is 0.734. The summed E-state index contributed by atoms with van der Waals surface area (Å²) in [6.45, 7) is 5.84. The van der Waals surface area contributed by atoms with E-state index in [4.69, 9.17) is 4.74 Å². The molecule has 0 saturated carbocycles. The summed E-state index contributed by atoms with van der Waals surface area (Å²) in [6, 6.07) is 4.26. The maximum atomic E-state index is 5.36. The Hall–Kier alpha value is -1.20. The van der Waals surface area contributed by atoms with E-state index in [1.807, 2.05) is 0 Å². The van der Waals surface area contributed by atoms with Gasteiger partial charge in [0, 0.05) is 19.6 Å². The van der Waals surface area contributed by atoms with Crippen LogP contribution in [0.15, 0.2) is 12.1 Å². The lowest BCUT2D eigenvalue weighted by Gasteiger charge is -2.29. The molecule has 1 aromatic heterocycles. The first-order valence-corrected chi connectivity index (χ1v) is 7.65. The first kappa shape index (κ1) is 13.8. The molecule has 0 bridgehead atoms. The van der Waals surface area contributed by atoms with Crippen molar-refractivity contribution in [3.8, 4) is 0 Å². The maximum Gasteiger partial charge on any atom is 0.151 e. The Kier molecular flexibility index (Phi) is 4.47. The Bertz CT molecular complexity index is 416. The third-order valence-corrected chi connectivity index (χ3v) is 4.26. The van der Waals surface area contributed by atoms with Crippen LogP contribution in [-0.2, 0) is 11.2 Å². The topological polar surface area (TPSA) is 41.5 Å². The summed E-state index contributed by atoms with van der Waals surface area (Å²) in [5, 5.41) is 8.82. The number of likely N-dealkylation sites (tertiary alicyclic amines) is 1. The quantitative estimate of drug-likeness (QED) is 0.830. The number of ether oxygens (including phenoxy) is 1. The smallest absolute Gasteiger partial charge is 0.151 e. The fourth-order valence-electron chi connectivity index (χ4n) is 3.16. The van der Waals surface area contributed by atoms with Crippen LogP contribution in [0.3, 0.4) is 0 Å². The summed E-state index contributed by atoms with van der Waals surface area (Å²) in [5.74, 6) is 1.72. The fourth-order valence-corrected chi connectivity index (χ4v) is 3.16. The van der Waals surface area contributed by atoms with Crippen LogP contribution in [0.4, 0.5) is 5.82 Å². The number of anilines is 1. The lowest BCUT2D eigenvalue weighted by molar-refractivity contribution is 0.122. The van der Waals surface area contributed by atoms with Crippen molar-refractivity contribution in [2.45, 2.75) is 19.3 Å². The van der Waals surface area contributed by atoms with E-state index in [0.29, 0.717) is 0 Å². The van der Waals surface area contributed by atoms with E-state index in [-0.39, 0.29) is 0 Å². The van der Waals surface area contributed by atoms with Gasteiger partial charge in [0.25, 0.3) is 0 Å². The van der Waals surface area contributed by atoms with Gasteiger partial charge in [0.15, 0.2) is 5.82 Å². The molecule has 0 amide bonds. The highest BCUT2D eigenvalue weighted by molar-refractivity contribution is 5.37. The average molecular weight is 276 g/mol. The van der Waals surface area contributed by atoms with Crippen molar-refractivity contribution in [2.24, 2.45) is 5.92 Å². The van der Waals surface area contributed by atoms with Gasteiger partial charge in [0.05, 0.1) is 18.9 Å². The standard InChI is InChI=1S/C15H24N4O/c1-18-6-2-3-13(12-18)11-14-4-5-15(17-16-14)19-7-9-20-10-8-19/h4-5,13H,2-3,6-12H2,1H3/t13-/m0/s1. The summed E-state index contributed by atoms with van der Waals surface area (Å²) in [5.41, 5.74) is 1.13. The van der Waals surface area contributed by atoms with E-state index in [1.165, 1.54) is 25.9 Å². The molecule has 3 heterocycles. The van der Waals surface area contributed by atoms with Crippen LogP contribution in [0.2, 0.25) is 0 Å². The van der Waals surface area contributed by atoms with Crippen molar-refractivity contribution < 1.29 is 4.74 Å². The molecule has 2 aliphatic heterocycles. The van der Waals surface area contributed by atoms with Crippen molar-refractivity contribution >= 4 is 5.82 Å². The molecule has 5 heteroatoms. The van der Waals surface area contributed by atoms with E-state index in [2.05, 4.69) is 39.2 Å². The van der Waals surface area contributed by atoms with E-state index in [1.54, 1.807) is 0 Å².